The van der Waals surface area contributed by atoms with Gasteiger partial charge in [-0.15, -0.1) is 0 Å². The fourth-order valence-corrected chi connectivity index (χ4v) is 7.91. The second-order valence-electron chi connectivity index (χ2n) is 8.99. The van der Waals surface area contributed by atoms with Crippen LogP contribution in [0.5, 0.6) is 0 Å². The first-order chi connectivity index (χ1) is 11.5. The first-order valence-electron chi connectivity index (χ1n) is 9.43. The summed E-state index contributed by atoms with van der Waals surface area (Å²) in [6, 6.07) is -0.134. The fraction of sp³-hybridized carbons (Fsp3) is 0.944. The highest BCUT2D eigenvalue weighted by Crippen LogP contribution is 2.64. The van der Waals surface area contributed by atoms with E-state index in [4.69, 9.17) is 0 Å². The number of hydrogen-bond acceptors (Lipinski definition) is 5. The summed E-state index contributed by atoms with van der Waals surface area (Å²) in [7, 11) is -3.49. The first kappa shape index (κ1) is 19.3. The molecule has 2 saturated carbocycles. The van der Waals surface area contributed by atoms with Crippen LogP contribution in [0.1, 0.15) is 47.0 Å². The number of sulfonamides is 1. The summed E-state index contributed by atoms with van der Waals surface area (Å²) in [6.07, 6.45) is 1.80. The average Bonchev–Trinajstić information content (AvgIpc) is 2.80. The molecule has 144 valence electrons. The molecule has 3 rings (SSSR count). The first-order valence-corrected chi connectivity index (χ1v) is 11.0. The van der Waals surface area contributed by atoms with Crippen LogP contribution in [-0.4, -0.2) is 72.6 Å². The molecule has 2 bridgehead atoms. The molecule has 1 saturated heterocycles. The molecule has 3 fully saturated rings. The van der Waals surface area contributed by atoms with Crippen LogP contribution < -0.4 is 0 Å². The number of fused-ring (bicyclic) bond motifs is 2. The number of Topliss-reactive ketones (excluding diaryl/α,β-unsaturated/α-hetero) is 1. The van der Waals surface area contributed by atoms with E-state index in [0.717, 1.165) is 6.42 Å². The molecule has 2 aliphatic carbocycles. The van der Waals surface area contributed by atoms with Crippen molar-refractivity contribution in [2.75, 3.05) is 31.9 Å². The quantitative estimate of drug-likeness (QED) is 0.782. The van der Waals surface area contributed by atoms with Crippen LogP contribution in [0.25, 0.3) is 0 Å². The van der Waals surface area contributed by atoms with E-state index in [1.807, 2.05) is 6.92 Å². The predicted octanol–water partition coefficient (Wildman–Crippen LogP) is 1.10. The van der Waals surface area contributed by atoms with Crippen LogP contribution in [0.2, 0.25) is 0 Å². The minimum Gasteiger partial charge on any atom is -0.392 e. The standard InChI is InChI=1S/C18H32N2O4S/c1-13-10-19(11-14(2)21)7-8-20(13)25(23,24)12-18-6-5-15(9-16(18)22)17(18,3)4/h13-15,21H,5-12H2,1-4H3. The summed E-state index contributed by atoms with van der Waals surface area (Å²) >= 11 is 0. The molecule has 3 aliphatic rings. The maximum absolute atomic E-state index is 13.2. The van der Waals surface area contributed by atoms with Crippen LogP contribution in [-0.2, 0) is 14.8 Å². The van der Waals surface area contributed by atoms with Crippen molar-refractivity contribution in [2.24, 2.45) is 16.7 Å². The number of nitrogens with zero attached hydrogens (tertiary/aromatic N) is 2. The van der Waals surface area contributed by atoms with Gasteiger partial charge in [-0.2, -0.15) is 4.31 Å². The summed E-state index contributed by atoms with van der Waals surface area (Å²) in [5, 5.41) is 9.55. The molecular weight excluding hydrogens is 340 g/mol. The Balaban J connectivity index is 1.76. The topological polar surface area (TPSA) is 77.9 Å². The Morgan fingerprint density at radius 2 is 2.00 bits per heavy atom. The molecular formula is C18H32N2O4S. The lowest BCUT2D eigenvalue weighted by Gasteiger charge is -2.42. The van der Waals surface area contributed by atoms with Crippen LogP contribution in [0, 0.1) is 16.7 Å². The molecule has 0 aromatic heterocycles. The zero-order valence-electron chi connectivity index (χ0n) is 15.9. The molecule has 0 amide bonds. The normalized spacial score (nSPS) is 37.6. The molecule has 7 heteroatoms. The second-order valence-corrected chi connectivity index (χ2v) is 10.9. The summed E-state index contributed by atoms with van der Waals surface area (Å²) in [4.78, 5) is 14.8. The lowest BCUT2D eigenvalue weighted by Crippen LogP contribution is -2.57. The predicted molar refractivity (Wildman–Crippen MR) is 96.6 cm³/mol. The highest BCUT2D eigenvalue weighted by Gasteiger charge is 2.65. The van der Waals surface area contributed by atoms with Gasteiger partial charge in [0.05, 0.1) is 11.9 Å². The number of aliphatic hydroxyl groups excluding tert-OH is 1. The smallest absolute Gasteiger partial charge is 0.215 e. The number of hydrogen-bond donors (Lipinski definition) is 1. The molecule has 6 nitrogen and oxygen atoms in total. The van der Waals surface area contributed by atoms with E-state index in [0.29, 0.717) is 44.9 Å². The van der Waals surface area contributed by atoms with Gasteiger partial charge in [0, 0.05) is 44.1 Å². The summed E-state index contributed by atoms with van der Waals surface area (Å²) in [5.41, 5.74) is -0.929. The van der Waals surface area contributed by atoms with Crippen molar-refractivity contribution in [3.05, 3.63) is 0 Å². The zero-order valence-corrected chi connectivity index (χ0v) is 16.7. The highest BCUT2D eigenvalue weighted by atomic mass is 32.2. The van der Waals surface area contributed by atoms with Gasteiger partial charge >= 0.3 is 0 Å². The number of carbonyl (C=O) groups excluding carboxylic acids is 1. The number of aliphatic hydroxyl groups is 1. The minimum absolute atomic E-state index is 0.0386. The Morgan fingerprint density at radius 3 is 2.48 bits per heavy atom. The van der Waals surface area contributed by atoms with E-state index in [2.05, 4.69) is 18.7 Å². The number of ketones is 1. The number of rotatable bonds is 5. The van der Waals surface area contributed by atoms with Crippen LogP contribution >= 0.6 is 0 Å². The number of β-amino-alcohol motifs (C(OH)–C–C–N with tert-alkyl or cyclic N) is 1. The average molecular weight is 373 g/mol. The van der Waals surface area contributed by atoms with Gasteiger partial charge in [-0.3, -0.25) is 9.69 Å². The van der Waals surface area contributed by atoms with Crippen molar-refractivity contribution < 1.29 is 18.3 Å². The molecule has 1 heterocycles. The SMILES string of the molecule is CC(O)CN1CCN(S(=O)(=O)CC23CCC(CC2=O)C3(C)C)C(C)C1. The van der Waals surface area contributed by atoms with Crippen molar-refractivity contribution in [3.63, 3.8) is 0 Å². The Bertz CT molecular complexity index is 645. The van der Waals surface area contributed by atoms with E-state index in [-0.39, 0.29) is 23.0 Å². The lowest BCUT2D eigenvalue weighted by molar-refractivity contribution is -0.128. The Morgan fingerprint density at radius 1 is 1.32 bits per heavy atom. The van der Waals surface area contributed by atoms with Gasteiger partial charge in [0.1, 0.15) is 5.78 Å². The van der Waals surface area contributed by atoms with E-state index in [9.17, 15) is 18.3 Å². The van der Waals surface area contributed by atoms with Gasteiger partial charge in [0.25, 0.3) is 0 Å². The van der Waals surface area contributed by atoms with Crippen LogP contribution in [0.15, 0.2) is 0 Å². The van der Waals surface area contributed by atoms with Gasteiger partial charge in [0.2, 0.25) is 10.0 Å². The van der Waals surface area contributed by atoms with E-state index in [1.54, 1.807) is 11.2 Å². The minimum atomic E-state index is -3.49. The fourth-order valence-electron chi connectivity index (χ4n) is 5.47. The van der Waals surface area contributed by atoms with Crippen molar-refractivity contribution >= 4 is 15.8 Å². The molecule has 0 radical (unpaired) electrons. The number of carbonyl (C=O) groups is 1. The van der Waals surface area contributed by atoms with Gasteiger partial charge in [-0.25, -0.2) is 8.42 Å². The molecule has 4 atom stereocenters. The zero-order chi connectivity index (χ0) is 18.6. The van der Waals surface area contributed by atoms with Crippen LogP contribution in [0.4, 0.5) is 0 Å². The van der Waals surface area contributed by atoms with Gasteiger partial charge in [0.15, 0.2) is 0 Å². The lowest BCUT2D eigenvalue weighted by atomic mass is 9.70. The third-order valence-electron chi connectivity index (χ3n) is 7.10. The van der Waals surface area contributed by atoms with Crippen LogP contribution in [0.3, 0.4) is 0 Å². The number of piperazine rings is 1. The van der Waals surface area contributed by atoms with E-state index >= 15 is 0 Å². The van der Waals surface area contributed by atoms with Crippen molar-refractivity contribution in [2.45, 2.75) is 59.1 Å². The molecule has 1 aliphatic heterocycles. The Labute approximate surface area is 151 Å². The van der Waals surface area contributed by atoms with E-state index in [1.165, 1.54) is 0 Å². The second kappa shape index (κ2) is 6.29. The molecule has 0 spiro atoms. The highest BCUT2D eigenvalue weighted by molar-refractivity contribution is 7.89. The summed E-state index contributed by atoms with van der Waals surface area (Å²) < 4.78 is 28.0. The Kier molecular flexibility index (Phi) is 4.85. The van der Waals surface area contributed by atoms with Crippen molar-refractivity contribution in [1.82, 2.24) is 9.21 Å². The summed E-state index contributed by atoms with van der Waals surface area (Å²) in [6.45, 7) is 10.1. The summed E-state index contributed by atoms with van der Waals surface area (Å²) in [5.74, 6) is 0.441. The maximum Gasteiger partial charge on any atom is 0.215 e. The monoisotopic (exact) mass is 372 g/mol. The van der Waals surface area contributed by atoms with Gasteiger partial charge < -0.3 is 5.11 Å². The molecule has 0 aromatic carbocycles. The molecule has 0 aromatic rings. The third-order valence-corrected chi connectivity index (χ3v) is 9.21. The molecule has 1 N–H and O–H groups in total. The Hall–Kier alpha value is -0.500. The maximum atomic E-state index is 13.2. The van der Waals surface area contributed by atoms with Crippen molar-refractivity contribution in [3.8, 4) is 0 Å². The molecule has 25 heavy (non-hydrogen) atoms. The largest absolute Gasteiger partial charge is 0.392 e. The van der Waals surface area contributed by atoms with Gasteiger partial charge in [-0.1, -0.05) is 13.8 Å². The van der Waals surface area contributed by atoms with Gasteiger partial charge in [-0.05, 0) is 38.0 Å². The third kappa shape index (κ3) is 3.07. The van der Waals surface area contributed by atoms with E-state index < -0.39 is 21.5 Å². The molecule has 4 unspecified atom stereocenters. The van der Waals surface area contributed by atoms with Crippen molar-refractivity contribution in [1.29, 1.82) is 0 Å².